The van der Waals surface area contributed by atoms with E-state index in [1.165, 1.54) is 250 Å². The van der Waals surface area contributed by atoms with Crippen LogP contribution in [-0.4, -0.2) is 89.2 Å². The van der Waals surface area contributed by atoms with E-state index in [4.69, 9.17) is 23.7 Å². The van der Waals surface area contributed by atoms with Crippen LogP contribution in [-0.2, 0) is 42.9 Å². The second kappa shape index (κ2) is 58.1. The second-order valence-electron chi connectivity index (χ2n) is 24.5. The van der Waals surface area contributed by atoms with Gasteiger partial charge in [-0.25, -0.2) is 4.79 Å². The number of unbranched alkanes of at least 4 members (excludes halogenated alkanes) is 48. The van der Waals surface area contributed by atoms with Gasteiger partial charge in [0.25, 0.3) is 0 Å². The van der Waals surface area contributed by atoms with Crippen LogP contribution in [0.1, 0.15) is 367 Å². The van der Waals surface area contributed by atoms with Gasteiger partial charge in [0.2, 0.25) is 0 Å². The second-order valence-corrected chi connectivity index (χ2v) is 24.5. The molecule has 12 nitrogen and oxygen atoms in total. The molecule has 478 valence electrons. The van der Waals surface area contributed by atoms with Crippen molar-refractivity contribution in [3.63, 3.8) is 0 Å². The fraction of sp³-hybridized carbons (Fsp3) is 0.942. The van der Waals surface area contributed by atoms with Crippen LogP contribution in [0.25, 0.3) is 0 Å². The van der Waals surface area contributed by atoms with E-state index in [0.29, 0.717) is 19.3 Å². The molecule has 3 N–H and O–H groups in total. The van der Waals surface area contributed by atoms with Crippen molar-refractivity contribution in [3.05, 3.63) is 0 Å². The van der Waals surface area contributed by atoms with E-state index in [-0.39, 0.29) is 25.9 Å². The number of carbonyl (C=O) groups is 4. The largest absolute Gasteiger partial charge is 0.479 e. The SMILES string of the molecule is CCCCCCCCCCCCCCCCCCCCCC(=O)OCC(COC1OC(C(=O)O)C(O)C(O)C1OC(=O)CCCCCCCCCCCCCCCCC)OC(=O)CCCCCCCCCCCCCCCCCCC. The Bertz CT molecular complexity index is 1410. The highest BCUT2D eigenvalue weighted by Crippen LogP contribution is 2.27. The third-order valence-electron chi connectivity index (χ3n) is 16.7. The van der Waals surface area contributed by atoms with E-state index in [1.807, 2.05) is 0 Å². The molecule has 6 atom stereocenters. The Hall–Kier alpha value is -2.28. The summed E-state index contributed by atoms with van der Waals surface area (Å²) >= 11 is 0. The molecule has 0 bridgehead atoms. The van der Waals surface area contributed by atoms with Crippen molar-refractivity contribution in [2.24, 2.45) is 0 Å². The number of aliphatic hydroxyl groups excluding tert-OH is 2. The number of carboxylic acid groups (broad SMARTS) is 1. The number of aliphatic hydroxyl groups is 2. The summed E-state index contributed by atoms with van der Waals surface area (Å²) in [5.74, 6) is -3.05. The van der Waals surface area contributed by atoms with Crippen molar-refractivity contribution in [2.45, 2.75) is 404 Å². The van der Waals surface area contributed by atoms with Crippen molar-refractivity contribution in [1.82, 2.24) is 0 Å². The molecule has 6 unspecified atom stereocenters. The van der Waals surface area contributed by atoms with Crippen molar-refractivity contribution < 1.29 is 58.2 Å². The van der Waals surface area contributed by atoms with Crippen LogP contribution in [0.3, 0.4) is 0 Å². The van der Waals surface area contributed by atoms with Gasteiger partial charge in [-0.05, 0) is 19.3 Å². The molecule has 1 aliphatic rings. The quantitative estimate of drug-likeness (QED) is 0.0299. The Kier molecular flexibility index (Phi) is 55.1. The lowest BCUT2D eigenvalue weighted by Crippen LogP contribution is -2.61. The first-order valence-electron chi connectivity index (χ1n) is 35.0. The molecule has 0 radical (unpaired) electrons. The number of carbonyl (C=O) groups excluding carboxylic acids is 3. The summed E-state index contributed by atoms with van der Waals surface area (Å²) in [5, 5.41) is 31.6. The smallest absolute Gasteiger partial charge is 0.335 e. The summed E-state index contributed by atoms with van der Waals surface area (Å²) in [5.41, 5.74) is 0. The normalized spacial score (nSPS) is 17.6. The molecule has 1 heterocycles. The van der Waals surface area contributed by atoms with Crippen molar-refractivity contribution in [3.8, 4) is 0 Å². The van der Waals surface area contributed by atoms with Crippen LogP contribution >= 0.6 is 0 Å². The molecule has 0 spiro atoms. The zero-order valence-electron chi connectivity index (χ0n) is 53.1. The zero-order chi connectivity index (χ0) is 58.9. The highest BCUT2D eigenvalue weighted by molar-refractivity contribution is 5.74. The van der Waals surface area contributed by atoms with Crippen LogP contribution in [0.15, 0.2) is 0 Å². The van der Waals surface area contributed by atoms with Gasteiger partial charge in [0.05, 0.1) is 6.61 Å². The summed E-state index contributed by atoms with van der Waals surface area (Å²) in [6.45, 7) is 6.09. The minimum absolute atomic E-state index is 0.0712. The number of hydrogen-bond donors (Lipinski definition) is 3. The zero-order valence-corrected chi connectivity index (χ0v) is 53.1. The minimum atomic E-state index is -1.89. The lowest BCUT2D eigenvalue weighted by Gasteiger charge is -2.40. The summed E-state index contributed by atoms with van der Waals surface area (Å²) in [6.07, 6.45) is 53.4. The molecule has 0 aromatic heterocycles. The summed E-state index contributed by atoms with van der Waals surface area (Å²) in [6, 6.07) is 0. The summed E-state index contributed by atoms with van der Waals surface area (Å²) in [4.78, 5) is 51.4. The van der Waals surface area contributed by atoms with E-state index in [9.17, 15) is 34.5 Å². The van der Waals surface area contributed by atoms with Crippen molar-refractivity contribution in [2.75, 3.05) is 13.2 Å². The highest BCUT2D eigenvalue weighted by Gasteiger charge is 2.50. The average Bonchev–Trinajstić information content (AvgIpc) is 3.53. The van der Waals surface area contributed by atoms with Crippen LogP contribution in [0, 0.1) is 0 Å². The van der Waals surface area contributed by atoms with E-state index < -0.39 is 67.3 Å². The number of esters is 3. The van der Waals surface area contributed by atoms with E-state index in [0.717, 1.165) is 57.8 Å². The van der Waals surface area contributed by atoms with Gasteiger partial charge in [0.1, 0.15) is 18.8 Å². The van der Waals surface area contributed by atoms with Gasteiger partial charge >= 0.3 is 23.9 Å². The Balaban J connectivity index is 2.60. The number of rotatable bonds is 62. The molecule has 0 aliphatic carbocycles. The van der Waals surface area contributed by atoms with Gasteiger partial charge in [-0.15, -0.1) is 0 Å². The molecule has 1 saturated heterocycles. The van der Waals surface area contributed by atoms with Gasteiger partial charge < -0.3 is 39.0 Å². The van der Waals surface area contributed by atoms with Crippen LogP contribution in [0.2, 0.25) is 0 Å². The standard InChI is InChI=1S/C69H130O12/c1-4-7-10-13-16-19-22-25-28-30-31-33-35-37-40-43-46-49-52-55-61(70)77-58-60(79-62(71)56-53-50-47-44-41-39-36-32-29-26-23-20-17-14-11-8-5-2)59-78-69-67(65(74)64(73)66(81-69)68(75)76)80-63(72)57-54-51-48-45-42-38-34-27-24-21-18-15-12-9-6-3/h60,64-67,69,73-74H,4-59H2,1-3H3,(H,75,76). The van der Waals surface area contributed by atoms with Crippen molar-refractivity contribution >= 4 is 23.9 Å². The molecular weight excluding hydrogens is 1020 g/mol. The molecule has 12 heteroatoms. The molecule has 1 rings (SSSR count). The molecule has 0 saturated carbocycles. The van der Waals surface area contributed by atoms with Crippen LogP contribution in [0.4, 0.5) is 0 Å². The van der Waals surface area contributed by atoms with Gasteiger partial charge in [-0.3, -0.25) is 14.4 Å². The van der Waals surface area contributed by atoms with Crippen molar-refractivity contribution in [1.29, 1.82) is 0 Å². The minimum Gasteiger partial charge on any atom is -0.479 e. The first-order chi connectivity index (χ1) is 39.6. The predicted octanol–water partition coefficient (Wildman–Crippen LogP) is 19.0. The van der Waals surface area contributed by atoms with Gasteiger partial charge in [0, 0.05) is 19.3 Å². The summed E-state index contributed by atoms with van der Waals surface area (Å²) in [7, 11) is 0. The van der Waals surface area contributed by atoms with Gasteiger partial charge in [-0.2, -0.15) is 0 Å². The molecule has 0 aromatic carbocycles. The molecule has 81 heavy (non-hydrogen) atoms. The van der Waals surface area contributed by atoms with Gasteiger partial charge in [0.15, 0.2) is 24.6 Å². The Labute approximate surface area is 497 Å². The number of aliphatic carboxylic acids is 1. The number of hydrogen-bond acceptors (Lipinski definition) is 11. The average molecular weight is 1150 g/mol. The maximum Gasteiger partial charge on any atom is 0.335 e. The monoisotopic (exact) mass is 1150 g/mol. The van der Waals surface area contributed by atoms with E-state index >= 15 is 0 Å². The molecule has 0 amide bonds. The molecule has 0 aromatic rings. The maximum atomic E-state index is 13.2. The Morgan fingerprint density at radius 2 is 0.630 bits per heavy atom. The summed E-state index contributed by atoms with van der Waals surface area (Å²) < 4.78 is 28.6. The third-order valence-corrected chi connectivity index (χ3v) is 16.7. The fourth-order valence-electron chi connectivity index (χ4n) is 11.3. The van der Waals surface area contributed by atoms with Crippen LogP contribution < -0.4 is 0 Å². The van der Waals surface area contributed by atoms with Crippen LogP contribution in [0.5, 0.6) is 0 Å². The van der Waals surface area contributed by atoms with Gasteiger partial charge in [-0.1, -0.05) is 329 Å². The maximum absolute atomic E-state index is 13.2. The lowest BCUT2D eigenvalue weighted by atomic mass is 9.98. The highest BCUT2D eigenvalue weighted by atomic mass is 16.7. The number of ether oxygens (including phenoxy) is 5. The fourth-order valence-corrected chi connectivity index (χ4v) is 11.3. The topological polar surface area (TPSA) is 175 Å². The Morgan fingerprint density at radius 3 is 0.926 bits per heavy atom. The first-order valence-corrected chi connectivity index (χ1v) is 35.0. The van der Waals surface area contributed by atoms with E-state index in [1.54, 1.807) is 0 Å². The molecular formula is C69H130O12. The lowest BCUT2D eigenvalue weighted by molar-refractivity contribution is -0.301. The molecule has 1 fully saturated rings. The predicted molar refractivity (Wildman–Crippen MR) is 331 cm³/mol. The Morgan fingerprint density at radius 1 is 0.358 bits per heavy atom. The molecule has 1 aliphatic heterocycles. The number of carboxylic acids is 1. The van der Waals surface area contributed by atoms with E-state index in [2.05, 4.69) is 20.8 Å². The first kappa shape index (κ1) is 76.7. The third kappa shape index (κ3) is 47.6.